The zero-order chi connectivity index (χ0) is 13.9. The predicted molar refractivity (Wildman–Crippen MR) is 86.3 cm³/mol. The Balaban J connectivity index is 1.79. The first-order valence-electron chi connectivity index (χ1n) is 6.42. The van der Waals surface area contributed by atoms with E-state index in [0.717, 1.165) is 17.9 Å². The van der Waals surface area contributed by atoms with Crippen LogP contribution >= 0.6 is 34.7 Å². The third-order valence-electron chi connectivity index (χ3n) is 3.27. The molecule has 0 saturated carbocycles. The molecule has 2 heterocycles. The van der Waals surface area contributed by atoms with Crippen LogP contribution in [-0.2, 0) is 4.79 Å². The fourth-order valence-corrected chi connectivity index (χ4v) is 4.79. The van der Waals surface area contributed by atoms with Gasteiger partial charge in [-0.2, -0.15) is 0 Å². The number of hydrogen-bond donors (Lipinski definition) is 0. The number of rotatable bonds is 3. The van der Waals surface area contributed by atoms with E-state index in [1.807, 2.05) is 46.7 Å². The maximum Gasteiger partial charge on any atom is 0.246 e. The highest BCUT2D eigenvalue weighted by Crippen LogP contribution is 2.41. The zero-order valence-corrected chi connectivity index (χ0v) is 13.1. The number of amides is 1. The molecule has 1 aliphatic rings. The second kappa shape index (κ2) is 6.20. The Kier molecular flexibility index (Phi) is 4.34. The van der Waals surface area contributed by atoms with Crippen molar-refractivity contribution < 1.29 is 4.79 Å². The van der Waals surface area contributed by atoms with Crippen LogP contribution in [0.2, 0.25) is 0 Å². The smallest absolute Gasteiger partial charge is 0.246 e. The summed E-state index contributed by atoms with van der Waals surface area (Å²) < 4.78 is 0. The molecular formula is C15H14ClNOS2. The number of carbonyl (C=O) groups is 1. The second-order valence-corrected chi connectivity index (χ2v) is 7.15. The lowest BCUT2D eigenvalue weighted by Crippen LogP contribution is -2.32. The van der Waals surface area contributed by atoms with E-state index in [1.165, 1.54) is 4.88 Å². The van der Waals surface area contributed by atoms with Gasteiger partial charge in [-0.05, 0) is 17.0 Å². The molecule has 1 aromatic heterocycles. The number of benzene rings is 1. The molecule has 0 bridgehead atoms. The Morgan fingerprint density at radius 3 is 2.75 bits per heavy atom. The summed E-state index contributed by atoms with van der Waals surface area (Å²) in [5, 5.41) is 1.57. The maximum absolute atomic E-state index is 12.6. The molecule has 1 saturated heterocycles. The standard InChI is InChI=1S/C15H14ClNOS2/c16-13(11-5-2-1-3-6-11)14(18)17-8-10-20-15(17)12-7-4-9-19-12/h1-7,9,13,15H,8,10H2/t13-,15+/m1/s1. The van der Waals surface area contributed by atoms with Gasteiger partial charge < -0.3 is 4.90 Å². The van der Waals surface area contributed by atoms with Gasteiger partial charge in [0.25, 0.3) is 0 Å². The van der Waals surface area contributed by atoms with Crippen LogP contribution in [-0.4, -0.2) is 23.1 Å². The van der Waals surface area contributed by atoms with E-state index in [0.29, 0.717) is 0 Å². The minimum absolute atomic E-state index is 0.00117. The third kappa shape index (κ3) is 2.73. The average Bonchev–Trinajstić information content (AvgIpc) is 3.16. The van der Waals surface area contributed by atoms with Gasteiger partial charge >= 0.3 is 0 Å². The molecule has 2 nitrogen and oxygen atoms in total. The summed E-state index contributed by atoms with van der Waals surface area (Å²) in [6.07, 6.45) is 0. The Morgan fingerprint density at radius 1 is 1.25 bits per heavy atom. The van der Waals surface area contributed by atoms with Crippen molar-refractivity contribution >= 4 is 40.6 Å². The van der Waals surface area contributed by atoms with Gasteiger partial charge in [0.2, 0.25) is 5.91 Å². The summed E-state index contributed by atoms with van der Waals surface area (Å²) in [7, 11) is 0. The van der Waals surface area contributed by atoms with Gasteiger partial charge in [-0.25, -0.2) is 0 Å². The van der Waals surface area contributed by atoms with Crippen LogP contribution in [0.25, 0.3) is 0 Å². The molecule has 3 rings (SSSR count). The van der Waals surface area contributed by atoms with E-state index in [2.05, 4.69) is 6.07 Å². The number of nitrogens with zero attached hydrogens (tertiary/aromatic N) is 1. The summed E-state index contributed by atoms with van der Waals surface area (Å²) in [4.78, 5) is 15.8. The van der Waals surface area contributed by atoms with Crippen LogP contribution in [0, 0.1) is 0 Å². The highest BCUT2D eigenvalue weighted by atomic mass is 35.5. The first-order valence-corrected chi connectivity index (χ1v) is 8.78. The predicted octanol–water partition coefficient (Wildman–Crippen LogP) is 4.30. The summed E-state index contributed by atoms with van der Waals surface area (Å²) in [6.45, 7) is 0.766. The fourth-order valence-electron chi connectivity index (χ4n) is 2.27. The van der Waals surface area contributed by atoms with E-state index in [4.69, 9.17) is 11.6 Å². The molecule has 20 heavy (non-hydrogen) atoms. The Morgan fingerprint density at radius 2 is 2.05 bits per heavy atom. The van der Waals surface area contributed by atoms with Crippen LogP contribution in [0.15, 0.2) is 47.8 Å². The number of thioether (sulfide) groups is 1. The van der Waals surface area contributed by atoms with Crippen molar-refractivity contribution in [2.75, 3.05) is 12.3 Å². The molecule has 0 spiro atoms. The SMILES string of the molecule is O=C([C@H](Cl)c1ccccc1)N1CCS[C@H]1c1cccs1. The first kappa shape index (κ1) is 14.0. The topological polar surface area (TPSA) is 20.3 Å². The molecule has 1 amide bonds. The number of carbonyl (C=O) groups excluding carboxylic acids is 1. The zero-order valence-electron chi connectivity index (χ0n) is 10.7. The van der Waals surface area contributed by atoms with Gasteiger partial charge in [-0.3, -0.25) is 4.79 Å². The largest absolute Gasteiger partial charge is 0.323 e. The lowest BCUT2D eigenvalue weighted by atomic mass is 10.1. The van der Waals surface area contributed by atoms with Crippen LogP contribution in [0.5, 0.6) is 0 Å². The van der Waals surface area contributed by atoms with Gasteiger partial charge in [0.1, 0.15) is 10.8 Å². The molecule has 1 aliphatic heterocycles. The second-order valence-electron chi connectivity index (χ2n) is 4.54. The number of thiophene rings is 1. The van der Waals surface area contributed by atoms with Crippen molar-refractivity contribution in [2.45, 2.75) is 10.8 Å². The summed E-state index contributed by atoms with van der Waals surface area (Å²) in [5.74, 6) is 0.966. The number of halogens is 1. The van der Waals surface area contributed by atoms with Crippen LogP contribution in [0.3, 0.4) is 0 Å². The van der Waals surface area contributed by atoms with Gasteiger partial charge in [0.05, 0.1) is 0 Å². The number of hydrogen-bond acceptors (Lipinski definition) is 3. The lowest BCUT2D eigenvalue weighted by Gasteiger charge is -2.25. The first-order chi connectivity index (χ1) is 9.77. The molecule has 1 aromatic carbocycles. The van der Waals surface area contributed by atoms with E-state index in [-0.39, 0.29) is 11.3 Å². The van der Waals surface area contributed by atoms with Gasteiger partial charge in [-0.15, -0.1) is 34.7 Å². The van der Waals surface area contributed by atoms with Crippen LogP contribution in [0.1, 0.15) is 21.2 Å². The van der Waals surface area contributed by atoms with Crippen molar-refractivity contribution in [1.82, 2.24) is 4.90 Å². The Bertz CT molecular complexity index is 573. The average molecular weight is 324 g/mol. The molecule has 0 radical (unpaired) electrons. The maximum atomic E-state index is 12.6. The summed E-state index contributed by atoms with van der Waals surface area (Å²) in [6, 6.07) is 13.7. The van der Waals surface area contributed by atoms with E-state index in [9.17, 15) is 4.79 Å². The minimum atomic E-state index is -0.600. The summed E-state index contributed by atoms with van der Waals surface area (Å²) in [5.41, 5.74) is 0.862. The van der Waals surface area contributed by atoms with Crippen LogP contribution < -0.4 is 0 Å². The molecule has 1 fully saturated rings. The molecule has 2 atom stereocenters. The van der Waals surface area contributed by atoms with E-state index >= 15 is 0 Å². The molecule has 0 N–H and O–H groups in total. The molecule has 2 aromatic rings. The molecule has 0 aliphatic carbocycles. The van der Waals surface area contributed by atoms with Crippen molar-refractivity contribution in [2.24, 2.45) is 0 Å². The fraction of sp³-hybridized carbons (Fsp3) is 0.267. The van der Waals surface area contributed by atoms with E-state index in [1.54, 1.807) is 23.1 Å². The minimum Gasteiger partial charge on any atom is -0.323 e. The monoisotopic (exact) mass is 323 g/mol. The van der Waals surface area contributed by atoms with E-state index < -0.39 is 5.38 Å². The quantitative estimate of drug-likeness (QED) is 0.785. The molecule has 104 valence electrons. The number of alkyl halides is 1. The molecule has 5 heteroatoms. The van der Waals surface area contributed by atoms with Gasteiger partial charge in [0.15, 0.2) is 0 Å². The Labute approximate surface area is 131 Å². The lowest BCUT2D eigenvalue weighted by molar-refractivity contribution is -0.131. The van der Waals surface area contributed by atoms with Crippen molar-refractivity contribution in [3.8, 4) is 0 Å². The highest BCUT2D eigenvalue weighted by molar-refractivity contribution is 7.99. The van der Waals surface area contributed by atoms with Gasteiger partial charge in [0, 0.05) is 17.2 Å². The van der Waals surface area contributed by atoms with Crippen LogP contribution in [0.4, 0.5) is 0 Å². The highest BCUT2D eigenvalue weighted by Gasteiger charge is 2.34. The van der Waals surface area contributed by atoms with Crippen molar-refractivity contribution in [3.63, 3.8) is 0 Å². The van der Waals surface area contributed by atoms with Crippen molar-refractivity contribution in [3.05, 3.63) is 58.3 Å². The molecule has 0 unspecified atom stereocenters. The normalized spacial score (nSPS) is 20.1. The molecular weight excluding hydrogens is 310 g/mol. The van der Waals surface area contributed by atoms with Gasteiger partial charge in [-0.1, -0.05) is 36.4 Å². The Hall–Kier alpha value is -0.970. The van der Waals surface area contributed by atoms with Crippen molar-refractivity contribution in [1.29, 1.82) is 0 Å². The third-order valence-corrected chi connectivity index (χ3v) is 6.02. The summed E-state index contributed by atoms with van der Waals surface area (Å²) >= 11 is 9.86.